The Labute approximate surface area is 133 Å². The summed E-state index contributed by atoms with van der Waals surface area (Å²) in [5.74, 6) is 0. The second-order valence-corrected chi connectivity index (χ2v) is 5.65. The highest BCUT2D eigenvalue weighted by Crippen LogP contribution is 2.05. The quantitative estimate of drug-likeness (QED) is 0.534. The van der Waals surface area contributed by atoms with Crippen molar-refractivity contribution in [3.8, 4) is 0 Å². The van der Waals surface area contributed by atoms with Gasteiger partial charge in [-0.2, -0.15) is 11.3 Å². The summed E-state index contributed by atoms with van der Waals surface area (Å²) in [6.07, 6.45) is 1.11. The van der Waals surface area contributed by atoms with E-state index in [0.717, 1.165) is 65.6 Å². The fraction of sp³-hybridized carbons (Fsp3) is 0.750. The van der Waals surface area contributed by atoms with Crippen LogP contribution in [0.4, 0.5) is 0 Å². The third-order valence-electron chi connectivity index (χ3n) is 3.29. The summed E-state index contributed by atoms with van der Waals surface area (Å²) >= 11 is 1.77. The summed E-state index contributed by atoms with van der Waals surface area (Å²) in [5.41, 5.74) is 1.43. The standard InChI is InChI=1S/C16H30N2O2S/c1-3-19-12-10-18(11-13-20-4-2)9-8-17-7-5-16-6-14-21-15-16/h6,14-15,17H,3-5,7-13H2,1-2H3. The fourth-order valence-corrected chi connectivity index (χ4v) is 2.74. The Morgan fingerprint density at radius 1 is 1.05 bits per heavy atom. The Morgan fingerprint density at radius 2 is 1.76 bits per heavy atom. The van der Waals surface area contributed by atoms with Crippen LogP contribution in [-0.2, 0) is 15.9 Å². The second-order valence-electron chi connectivity index (χ2n) is 4.87. The third kappa shape index (κ3) is 9.98. The van der Waals surface area contributed by atoms with Crippen molar-refractivity contribution in [3.05, 3.63) is 22.4 Å². The molecule has 1 aromatic heterocycles. The van der Waals surface area contributed by atoms with E-state index in [-0.39, 0.29) is 0 Å². The molecule has 0 saturated carbocycles. The van der Waals surface area contributed by atoms with E-state index < -0.39 is 0 Å². The average Bonchev–Trinajstić information content (AvgIpc) is 3.00. The number of hydrogen-bond donors (Lipinski definition) is 1. The van der Waals surface area contributed by atoms with E-state index in [0.29, 0.717) is 0 Å². The first kappa shape index (κ1) is 18.6. The van der Waals surface area contributed by atoms with Gasteiger partial charge in [0.1, 0.15) is 0 Å². The normalized spacial score (nSPS) is 11.4. The number of hydrogen-bond acceptors (Lipinski definition) is 5. The summed E-state index contributed by atoms with van der Waals surface area (Å²) in [6.45, 7) is 12.3. The average molecular weight is 314 g/mol. The molecule has 4 nitrogen and oxygen atoms in total. The zero-order valence-electron chi connectivity index (χ0n) is 13.5. The van der Waals surface area contributed by atoms with Gasteiger partial charge in [0.15, 0.2) is 0 Å². The first-order valence-corrected chi connectivity index (χ1v) is 8.90. The zero-order valence-corrected chi connectivity index (χ0v) is 14.3. The number of thiophene rings is 1. The molecule has 0 bridgehead atoms. The SMILES string of the molecule is CCOCCN(CCNCCc1ccsc1)CCOCC. The van der Waals surface area contributed by atoms with E-state index in [1.165, 1.54) is 5.56 Å². The maximum Gasteiger partial charge on any atom is 0.0593 e. The molecule has 0 aliphatic rings. The number of ether oxygens (including phenoxy) is 2. The Bertz CT molecular complexity index is 310. The van der Waals surface area contributed by atoms with Gasteiger partial charge >= 0.3 is 0 Å². The van der Waals surface area contributed by atoms with Gasteiger partial charge in [0.2, 0.25) is 0 Å². The summed E-state index contributed by atoms with van der Waals surface area (Å²) < 4.78 is 10.9. The molecule has 0 amide bonds. The molecule has 1 heterocycles. The van der Waals surface area contributed by atoms with Gasteiger partial charge in [0, 0.05) is 39.4 Å². The molecule has 0 aromatic carbocycles. The van der Waals surface area contributed by atoms with Crippen molar-refractivity contribution < 1.29 is 9.47 Å². The molecule has 0 unspecified atom stereocenters. The van der Waals surface area contributed by atoms with Gasteiger partial charge in [-0.3, -0.25) is 4.90 Å². The van der Waals surface area contributed by atoms with Crippen LogP contribution < -0.4 is 5.32 Å². The molecular weight excluding hydrogens is 284 g/mol. The molecule has 1 rings (SSSR count). The van der Waals surface area contributed by atoms with E-state index in [1.807, 2.05) is 13.8 Å². The number of nitrogens with one attached hydrogen (secondary N) is 1. The van der Waals surface area contributed by atoms with Crippen molar-refractivity contribution in [2.24, 2.45) is 0 Å². The molecule has 122 valence electrons. The van der Waals surface area contributed by atoms with E-state index in [9.17, 15) is 0 Å². The largest absolute Gasteiger partial charge is 0.380 e. The van der Waals surface area contributed by atoms with Crippen LogP contribution in [-0.4, -0.2) is 64.1 Å². The van der Waals surface area contributed by atoms with Gasteiger partial charge in [-0.15, -0.1) is 0 Å². The summed E-state index contributed by atoms with van der Waals surface area (Å²) in [5, 5.41) is 7.87. The van der Waals surface area contributed by atoms with Crippen LogP contribution in [0.1, 0.15) is 19.4 Å². The minimum absolute atomic E-state index is 0.790. The maximum atomic E-state index is 5.44. The molecule has 0 aliphatic carbocycles. The lowest BCUT2D eigenvalue weighted by molar-refractivity contribution is 0.0832. The first-order valence-electron chi connectivity index (χ1n) is 7.96. The monoisotopic (exact) mass is 314 g/mol. The Kier molecular flexibility index (Phi) is 11.7. The number of nitrogens with zero attached hydrogens (tertiary/aromatic N) is 1. The van der Waals surface area contributed by atoms with Crippen LogP contribution in [0.2, 0.25) is 0 Å². The van der Waals surface area contributed by atoms with Crippen molar-refractivity contribution >= 4 is 11.3 Å². The van der Waals surface area contributed by atoms with Gasteiger partial charge in [0.05, 0.1) is 13.2 Å². The molecule has 0 atom stereocenters. The van der Waals surface area contributed by atoms with Crippen molar-refractivity contribution in [1.82, 2.24) is 10.2 Å². The third-order valence-corrected chi connectivity index (χ3v) is 4.02. The molecule has 0 spiro atoms. The van der Waals surface area contributed by atoms with Gasteiger partial charge in [0.25, 0.3) is 0 Å². The van der Waals surface area contributed by atoms with Crippen molar-refractivity contribution in [2.45, 2.75) is 20.3 Å². The number of rotatable bonds is 14. The lowest BCUT2D eigenvalue weighted by Gasteiger charge is -2.22. The van der Waals surface area contributed by atoms with Gasteiger partial charge in [-0.05, 0) is 49.2 Å². The smallest absolute Gasteiger partial charge is 0.0593 e. The molecular formula is C16H30N2O2S. The zero-order chi connectivity index (χ0) is 15.2. The van der Waals surface area contributed by atoms with E-state index >= 15 is 0 Å². The summed E-state index contributed by atoms with van der Waals surface area (Å²) in [7, 11) is 0. The van der Waals surface area contributed by atoms with Gasteiger partial charge < -0.3 is 14.8 Å². The molecule has 1 N–H and O–H groups in total. The topological polar surface area (TPSA) is 33.7 Å². The second kappa shape index (κ2) is 13.2. The first-order chi connectivity index (χ1) is 10.4. The van der Waals surface area contributed by atoms with Crippen LogP contribution in [0.3, 0.4) is 0 Å². The van der Waals surface area contributed by atoms with E-state index in [2.05, 4.69) is 27.0 Å². The summed E-state index contributed by atoms with van der Waals surface area (Å²) in [4.78, 5) is 2.41. The lowest BCUT2D eigenvalue weighted by Crippen LogP contribution is -2.37. The fourth-order valence-electron chi connectivity index (χ4n) is 2.04. The molecule has 5 heteroatoms. The molecule has 0 aliphatic heterocycles. The molecule has 0 saturated heterocycles. The van der Waals surface area contributed by atoms with E-state index in [1.54, 1.807) is 11.3 Å². The van der Waals surface area contributed by atoms with Gasteiger partial charge in [-0.25, -0.2) is 0 Å². The van der Waals surface area contributed by atoms with Crippen molar-refractivity contribution in [3.63, 3.8) is 0 Å². The highest BCUT2D eigenvalue weighted by Gasteiger charge is 2.04. The lowest BCUT2D eigenvalue weighted by atomic mass is 10.2. The minimum atomic E-state index is 0.790. The highest BCUT2D eigenvalue weighted by atomic mass is 32.1. The van der Waals surface area contributed by atoms with Crippen molar-refractivity contribution in [2.75, 3.05) is 59.2 Å². The molecule has 1 aromatic rings. The predicted octanol–water partition coefficient (Wildman–Crippen LogP) is 2.26. The Morgan fingerprint density at radius 3 is 2.33 bits per heavy atom. The van der Waals surface area contributed by atoms with Crippen LogP contribution in [0.15, 0.2) is 16.8 Å². The van der Waals surface area contributed by atoms with Crippen LogP contribution in [0.25, 0.3) is 0 Å². The van der Waals surface area contributed by atoms with Crippen molar-refractivity contribution in [1.29, 1.82) is 0 Å². The summed E-state index contributed by atoms with van der Waals surface area (Å²) in [6, 6.07) is 2.20. The molecule has 0 fully saturated rings. The maximum absolute atomic E-state index is 5.44. The minimum Gasteiger partial charge on any atom is -0.380 e. The predicted molar refractivity (Wildman–Crippen MR) is 90.3 cm³/mol. The Hall–Kier alpha value is -0.460. The van der Waals surface area contributed by atoms with Crippen LogP contribution >= 0.6 is 11.3 Å². The van der Waals surface area contributed by atoms with E-state index in [4.69, 9.17) is 9.47 Å². The van der Waals surface area contributed by atoms with Gasteiger partial charge in [-0.1, -0.05) is 0 Å². The highest BCUT2D eigenvalue weighted by molar-refractivity contribution is 7.07. The molecule has 21 heavy (non-hydrogen) atoms. The van der Waals surface area contributed by atoms with Crippen LogP contribution in [0.5, 0.6) is 0 Å². The molecule has 0 radical (unpaired) electrons. The Balaban J connectivity index is 2.08. The van der Waals surface area contributed by atoms with Crippen LogP contribution in [0, 0.1) is 0 Å².